The molecule has 0 fully saturated rings. The van der Waals surface area contributed by atoms with Gasteiger partial charge in [0.1, 0.15) is 10.7 Å². The number of aromatic nitrogens is 3. The quantitative estimate of drug-likeness (QED) is 0.764. The van der Waals surface area contributed by atoms with E-state index >= 15 is 0 Å². The Morgan fingerprint density at radius 1 is 1.55 bits per heavy atom. The number of anilines is 2. The van der Waals surface area contributed by atoms with E-state index in [2.05, 4.69) is 20.7 Å². The maximum Gasteiger partial charge on any atom is 0.265 e. The summed E-state index contributed by atoms with van der Waals surface area (Å²) in [6.45, 7) is 2.47. The third-order valence-corrected chi connectivity index (χ3v) is 3.93. The lowest BCUT2D eigenvalue weighted by Crippen LogP contribution is -2.23. The van der Waals surface area contributed by atoms with Crippen molar-refractivity contribution >= 4 is 28.2 Å². The number of nitrogens with two attached hydrogens (primary N) is 1. The van der Waals surface area contributed by atoms with E-state index in [4.69, 9.17) is 5.73 Å². The highest BCUT2D eigenvalue weighted by molar-refractivity contribution is 7.18. The van der Waals surface area contributed by atoms with Crippen molar-refractivity contribution in [2.24, 2.45) is 7.05 Å². The van der Waals surface area contributed by atoms with Crippen LogP contribution in [0, 0.1) is 0 Å². The predicted octanol–water partition coefficient (Wildman–Crippen LogP) is 0.993. The van der Waals surface area contributed by atoms with Gasteiger partial charge in [-0.25, -0.2) is 4.98 Å². The number of hydrogen-bond donors (Lipinski definition) is 3. The van der Waals surface area contributed by atoms with Crippen LogP contribution in [0.3, 0.4) is 0 Å². The van der Waals surface area contributed by atoms with Gasteiger partial charge in [0, 0.05) is 32.4 Å². The van der Waals surface area contributed by atoms with E-state index in [1.165, 1.54) is 11.3 Å². The number of hydrogen-bond acceptors (Lipinski definition) is 6. The molecule has 2 aromatic rings. The summed E-state index contributed by atoms with van der Waals surface area (Å²) in [5.74, 6) is 0.0335. The number of carbonyl (C=O) groups excluding carboxylic acids is 1. The van der Waals surface area contributed by atoms with Crippen LogP contribution < -0.4 is 16.4 Å². The number of amides is 1. The lowest BCUT2D eigenvalue weighted by Gasteiger charge is -2.03. The molecule has 2 heterocycles. The van der Waals surface area contributed by atoms with Crippen LogP contribution in [-0.2, 0) is 20.0 Å². The van der Waals surface area contributed by atoms with Crippen molar-refractivity contribution < 1.29 is 4.79 Å². The molecule has 0 spiro atoms. The van der Waals surface area contributed by atoms with Gasteiger partial charge >= 0.3 is 0 Å². The van der Waals surface area contributed by atoms with Crippen LogP contribution in [0.15, 0.2) is 6.20 Å². The monoisotopic (exact) mass is 294 g/mol. The molecule has 1 amide bonds. The number of nitrogen functional groups attached to an aromatic ring is 1. The van der Waals surface area contributed by atoms with E-state index in [0.717, 1.165) is 17.7 Å². The average Bonchev–Trinajstić information content (AvgIpc) is 2.98. The molecule has 0 aliphatic rings. The van der Waals surface area contributed by atoms with Gasteiger partial charge in [0.15, 0.2) is 5.13 Å². The molecule has 4 N–H and O–H groups in total. The lowest BCUT2D eigenvalue weighted by molar-refractivity contribution is 0.0955. The van der Waals surface area contributed by atoms with Crippen LogP contribution in [0.1, 0.15) is 27.9 Å². The largest absolute Gasteiger partial charge is 0.382 e. The van der Waals surface area contributed by atoms with Crippen molar-refractivity contribution in [1.29, 1.82) is 0 Å². The summed E-state index contributed by atoms with van der Waals surface area (Å²) in [4.78, 5) is 16.6. The van der Waals surface area contributed by atoms with Gasteiger partial charge in [0.05, 0.1) is 5.69 Å². The van der Waals surface area contributed by atoms with Crippen LogP contribution in [0.25, 0.3) is 0 Å². The lowest BCUT2D eigenvalue weighted by atomic mass is 10.2. The van der Waals surface area contributed by atoms with Gasteiger partial charge < -0.3 is 16.4 Å². The zero-order valence-electron chi connectivity index (χ0n) is 11.7. The van der Waals surface area contributed by atoms with E-state index in [0.29, 0.717) is 16.6 Å². The van der Waals surface area contributed by atoms with Gasteiger partial charge in [0.2, 0.25) is 0 Å². The van der Waals surface area contributed by atoms with Crippen molar-refractivity contribution in [2.45, 2.75) is 19.9 Å². The molecule has 0 atom stereocenters. The number of carbonyl (C=O) groups is 1. The molecule has 108 valence electrons. The molecule has 0 saturated heterocycles. The van der Waals surface area contributed by atoms with Gasteiger partial charge in [-0.1, -0.05) is 18.3 Å². The first kappa shape index (κ1) is 14.3. The molecule has 0 aliphatic heterocycles. The standard InChI is InChI=1S/C12H18N6OS/c1-4-8-7(6-18(3)17-8)5-15-11(19)9-10(13)16-12(14-2)20-9/h6H,4-5,13H2,1-3H3,(H,14,16)(H,15,19). The third-order valence-electron chi connectivity index (χ3n) is 2.84. The van der Waals surface area contributed by atoms with E-state index < -0.39 is 0 Å². The van der Waals surface area contributed by atoms with Crippen molar-refractivity contribution in [3.8, 4) is 0 Å². The number of thiazole rings is 1. The molecule has 2 rings (SSSR count). The van der Waals surface area contributed by atoms with E-state index in [-0.39, 0.29) is 11.7 Å². The van der Waals surface area contributed by atoms with Crippen LogP contribution in [0.4, 0.5) is 10.9 Å². The van der Waals surface area contributed by atoms with Crippen LogP contribution in [0.5, 0.6) is 0 Å². The van der Waals surface area contributed by atoms with Gasteiger partial charge in [-0.15, -0.1) is 0 Å². The van der Waals surface area contributed by atoms with Crippen molar-refractivity contribution in [3.63, 3.8) is 0 Å². The van der Waals surface area contributed by atoms with Crippen molar-refractivity contribution in [2.75, 3.05) is 18.1 Å². The topological polar surface area (TPSA) is 97.9 Å². The summed E-state index contributed by atoms with van der Waals surface area (Å²) in [7, 11) is 3.61. The minimum atomic E-state index is -0.215. The van der Waals surface area contributed by atoms with Gasteiger partial charge in [-0.2, -0.15) is 5.10 Å². The molecule has 0 aromatic carbocycles. The van der Waals surface area contributed by atoms with Gasteiger partial charge in [-0.05, 0) is 6.42 Å². The molecular weight excluding hydrogens is 276 g/mol. The zero-order valence-corrected chi connectivity index (χ0v) is 12.5. The first-order valence-corrected chi connectivity index (χ1v) is 7.10. The summed E-state index contributed by atoms with van der Waals surface area (Å²) in [5, 5.41) is 10.7. The molecule has 0 aliphatic carbocycles. The fraction of sp³-hybridized carbons (Fsp3) is 0.417. The Labute approximate surface area is 121 Å². The highest BCUT2D eigenvalue weighted by Gasteiger charge is 2.16. The number of nitrogens with one attached hydrogen (secondary N) is 2. The van der Waals surface area contributed by atoms with Crippen molar-refractivity contribution in [1.82, 2.24) is 20.1 Å². The molecule has 7 nitrogen and oxygen atoms in total. The van der Waals surface area contributed by atoms with Crippen LogP contribution in [0.2, 0.25) is 0 Å². The fourth-order valence-corrected chi connectivity index (χ4v) is 2.64. The van der Waals surface area contributed by atoms with Crippen molar-refractivity contribution in [3.05, 3.63) is 22.3 Å². The molecule has 8 heteroatoms. The SMILES string of the molecule is CCc1nn(C)cc1CNC(=O)c1sc(NC)nc1N. The Morgan fingerprint density at radius 2 is 2.30 bits per heavy atom. The van der Waals surface area contributed by atoms with Crippen LogP contribution in [-0.4, -0.2) is 27.7 Å². The Hall–Kier alpha value is -2.09. The maximum absolute atomic E-state index is 12.1. The summed E-state index contributed by atoms with van der Waals surface area (Å²) < 4.78 is 1.75. The molecule has 0 unspecified atom stereocenters. The van der Waals surface area contributed by atoms with E-state index in [9.17, 15) is 4.79 Å². The number of nitrogens with zero attached hydrogens (tertiary/aromatic N) is 3. The molecule has 0 saturated carbocycles. The van der Waals surface area contributed by atoms with Crippen LogP contribution >= 0.6 is 11.3 Å². The average molecular weight is 294 g/mol. The Bertz CT molecular complexity index is 617. The fourth-order valence-electron chi connectivity index (χ4n) is 1.89. The van der Waals surface area contributed by atoms with Gasteiger partial charge in [-0.3, -0.25) is 9.48 Å². The summed E-state index contributed by atoms with van der Waals surface area (Å²) in [6.07, 6.45) is 2.74. The highest BCUT2D eigenvalue weighted by Crippen LogP contribution is 2.24. The maximum atomic E-state index is 12.1. The van der Waals surface area contributed by atoms with Gasteiger partial charge in [0.25, 0.3) is 5.91 Å². The second-order valence-corrected chi connectivity index (χ2v) is 5.29. The van der Waals surface area contributed by atoms with E-state index in [1.807, 2.05) is 20.2 Å². The zero-order chi connectivity index (χ0) is 14.7. The highest BCUT2D eigenvalue weighted by atomic mass is 32.1. The Balaban J connectivity index is 2.06. The number of rotatable bonds is 5. The minimum absolute atomic E-state index is 0.215. The van der Waals surface area contributed by atoms with E-state index in [1.54, 1.807) is 11.7 Å². The Kier molecular flexibility index (Phi) is 4.23. The summed E-state index contributed by atoms with van der Waals surface area (Å²) in [5.41, 5.74) is 7.73. The smallest absolute Gasteiger partial charge is 0.265 e. The molecule has 20 heavy (non-hydrogen) atoms. The summed E-state index contributed by atoms with van der Waals surface area (Å²) in [6, 6.07) is 0. The predicted molar refractivity (Wildman–Crippen MR) is 79.8 cm³/mol. The first-order chi connectivity index (χ1) is 9.55. The molecule has 0 radical (unpaired) electrons. The molecular formula is C12H18N6OS. The third kappa shape index (κ3) is 2.90. The summed E-state index contributed by atoms with van der Waals surface area (Å²) >= 11 is 1.24. The first-order valence-electron chi connectivity index (χ1n) is 6.28. The molecule has 0 bridgehead atoms. The second-order valence-electron chi connectivity index (χ2n) is 4.29. The normalized spacial score (nSPS) is 10.6. The molecule has 2 aromatic heterocycles. The number of aryl methyl sites for hydroxylation is 2. The minimum Gasteiger partial charge on any atom is -0.382 e. The second kappa shape index (κ2) is 5.91. The Morgan fingerprint density at radius 3 is 2.90 bits per heavy atom.